The Morgan fingerprint density at radius 2 is 1.89 bits per heavy atom. The SMILES string of the molecule is CC(C)(C)CCS(=O)(=O)NCC1(CC(=O)O)CCC1. The van der Waals surface area contributed by atoms with E-state index in [4.69, 9.17) is 5.11 Å². The van der Waals surface area contributed by atoms with E-state index in [0.717, 1.165) is 19.3 Å². The second kappa shape index (κ2) is 5.79. The molecule has 5 nitrogen and oxygen atoms in total. The molecule has 112 valence electrons. The summed E-state index contributed by atoms with van der Waals surface area (Å²) in [6.07, 6.45) is 3.21. The van der Waals surface area contributed by atoms with Crippen molar-refractivity contribution in [1.29, 1.82) is 0 Å². The molecule has 0 unspecified atom stereocenters. The number of sulfonamides is 1. The first-order valence-electron chi connectivity index (χ1n) is 6.73. The zero-order valence-electron chi connectivity index (χ0n) is 12.0. The summed E-state index contributed by atoms with van der Waals surface area (Å²) in [5, 5.41) is 8.88. The van der Waals surface area contributed by atoms with Gasteiger partial charge in [0.2, 0.25) is 10.0 Å². The van der Waals surface area contributed by atoms with E-state index in [1.54, 1.807) is 0 Å². The fourth-order valence-corrected chi connectivity index (χ4v) is 3.74. The molecule has 0 saturated heterocycles. The largest absolute Gasteiger partial charge is 0.481 e. The number of aliphatic carboxylic acids is 1. The second-order valence-corrected chi connectivity index (χ2v) is 8.80. The molecular formula is C13H25NO4S. The summed E-state index contributed by atoms with van der Waals surface area (Å²) in [5.41, 5.74) is -0.384. The van der Waals surface area contributed by atoms with E-state index in [1.165, 1.54) is 0 Å². The Hall–Kier alpha value is -0.620. The minimum absolute atomic E-state index is 0.0238. The molecule has 0 bridgehead atoms. The first kappa shape index (κ1) is 16.4. The molecule has 1 fully saturated rings. The zero-order chi connectivity index (χ0) is 14.7. The van der Waals surface area contributed by atoms with Crippen LogP contribution in [0.15, 0.2) is 0 Å². The molecule has 0 aliphatic heterocycles. The Balaban J connectivity index is 2.48. The highest BCUT2D eigenvalue weighted by molar-refractivity contribution is 7.89. The predicted molar refractivity (Wildman–Crippen MR) is 74.4 cm³/mol. The van der Waals surface area contributed by atoms with E-state index in [2.05, 4.69) is 4.72 Å². The van der Waals surface area contributed by atoms with Gasteiger partial charge in [-0.15, -0.1) is 0 Å². The van der Waals surface area contributed by atoms with Crippen LogP contribution in [0.2, 0.25) is 0 Å². The van der Waals surface area contributed by atoms with Crippen LogP contribution in [0.4, 0.5) is 0 Å². The van der Waals surface area contributed by atoms with Crippen LogP contribution in [-0.2, 0) is 14.8 Å². The van der Waals surface area contributed by atoms with Crippen molar-refractivity contribution < 1.29 is 18.3 Å². The standard InChI is InChI=1S/C13H25NO4S/c1-12(2,3)7-8-19(17,18)14-10-13(5-4-6-13)9-11(15)16/h14H,4-10H2,1-3H3,(H,15,16). The van der Waals surface area contributed by atoms with E-state index in [1.807, 2.05) is 20.8 Å². The molecule has 6 heteroatoms. The Morgan fingerprint density at radius 3 is 2.26 bits per heavy atom. The molecule has 1 rings (SSSR count). The number of hydrogen-bond donors (Lipinski definition) is 2. The van der Waals surface area contributed by atoms with E-state index in [0.29, 0.717) is 6.42 Å². The maximum absolute atomic E-state index is 11.9. The average Bonchev–Trinajstić information content (AvgIpc) is 2.18. The van der Waals surface area contributed by atoms with Crippen LogP contribution in [0.25, 0.3) is 0 Å². The molecule has 0 spiro atoms. The molecule has 1 aliphatic carbocycles. The lowest BCUT2D eigenvalue weighted by atomic mass is 9.67. The molecule has 0 heterocycles. The van der Waals surface area contributed by atoms with Crippen LogP contribution in [0, 0.1) is 10.8 Å². The van der Waals surface area contributed by atoms with Crippen LogP contribution in [0.1, 0.15) is 52.9 Å². The van der Waals surface area contributed by atoms with Crippen molar-refractivity contribution >= 4 is 16.0 Å². The Labute approximate surface area is 115 Å². The van der Waals surface area contributed by atoms with Gasteiger partial charge in [-0.25, -0.2) is 13.1 Å². The fourth-order valence-electron chi connectivity index (χ4n) is 2.19. The molecule has 0 aromatic carbocycles. The number of carboxylic acids is 1. The first-order chi connectivity index (χ1) is 8.54. The number of hydrogen-bond acceptors (Lipinski definition) is 3. The zero-order valence-corrected chi connectivity index (χ0v) is 12.8. The number of nitrogens with one attached hydrogen (secondary N) is 1. The summed E-state index contributed by atoms with van der Waals surface area (Å²) in [4.78, 5) is 10.8. The van der Waals surface area contributed by atoms with Gasteiger partial charge in [-0.1, -0.05) is 27.2 Å². The van der Waals surface area contributed by atoms with Gasteiger partial charge in [0, 0.05) is 6.54 Å². The van der Waals surface area contributed by atoms with Gasteiger partial charge in [0.1, 0.15) is 0 Å². The summed E-state index contributed by atoms with van der Waals surface area (Å²) in [6, 6.07) is 0. The third kappa shape index (κ3) is 5.91. The van der Waals surface area contributed by atoms with Gasteiger partial charge in [0.05, 0.1) is 12.2 Å². The molecule has 19 heavy (non-hydrogen) atoms. The lowest BCUT2D eigenvalue weighted by Crippen LogP contribution is -2.44. The summed E-state index contributed by atoms with van der Waals surface area (Å²) >= 11 is 0. The fraction of sp³-hybridized carbons (Fsp3) is 0.923. The van der Waals surface area contributed by atoms with Gasteiger partial charge in [-0.2, -0.15) is 0 Å². The molecule has 2 N–H and O–H groups in total. The van der Waals surface area contributed by atoms with Gasteiger partial charge in [0.25, 0.3) is 0 Å². The highest BCUT2D eigenvalue weighted by atomic mass is 32.2. The Morgan fingerprint density at radius 1 is 1.32 bits per heavy atom. The molecule has 1 aliphatic rings. The van der Waals surface area contributed by atoms with Crippen LogP contribution in [0.3, 0.4) is 0 Å². The molecule has 0 aromatic heterocycles. The van der Waals surface area contributed by atoms with E-state index in [-0.39, 0.29) is 29.5 Å². The summed E-state index contributed by atoms with van der Waals surface area (Å²) in [7, 11) is -3.30. The maximum Gasteiger partial charge on any atom is 0.303 e. The van der Waals surface area contributed by atoms with Gasteiger partial charge >= 0.3 is 5.97 Å². The topological polar surface area (TPSA) is 83.5 Å². The summed E-state index contributed by atoms with van der Waals surface area (Å²) < 4.78 is 26.4. The normalized spacial score (nSPS) is 18.9. The highest BCUT2D eigenvalue weighted by Gasteiger charge is 2.39. The van der Waals surface area contributed by atoms with Crippen LogP contribution < -0.4 is 4.72 Å². The summed E-state index contributed by atoms with van der Waals surface area (Å²) in [6.45, 7) is 6.26. The predicted octanol–water partition coefficient (Wildman–Crippen LogP) is 1.99. The lowest BCUT2D eigenvalue weighted by molar-refractivity contribution is -0.141. The van der Waals surface area contributed by atoms with Crippen molar-refractivity contribution in [3.05, 3.63) is 0 Å². The van der Waals surface area contributed by atoms with Gasteiger partial charge in [0.15, 0.2) is 0 Å². The van der Waals surface area contributed by atoms with Gasteiger partial charge in [-0.3, -0.25) is 4.79 Å². The van der Waals surface area contributed by atoms with Crippen molar-refractivity contribution in [2.24, 2.45) is 10.8 Å². The number of carbonyl (C=O) groups is 1. The van der Waals surface area contributed by atoms with Crippen LogP contribution in [-0.4, -0.2) is 31.8 Å². The van der Waals surface area contributed by atoms with Crippen LogP contribution >= 0.6 is 0 Å². The second-order valence-electron chi connectivity index (χ2n) is 6.87. The minimum Gasteiger partial charge on any atom is -0.481 e. The molecule has 0 atom stereocenters. The molecule has 0 radical (unpaired) electrons. The molecule has 1 saturated carbocycles. The first-order valence-corrected chi connectivity index (χ1v) is 8.38. The monoisotopic (exact) mass is 291 g/mol. The number of rotatable bonds is 7. The molecular weight excluding hydrogens is 266 g/mol. The summed E-state index contributed by atoms with van der Waals surface area (Å²) in [5.74, 6) is -0.756. The molecule has 0 aromatic rings. The van der Waals surface area contributed by atoms with E-state index >= 15 is 0 Å². The van der Waals surface area contributed by atoms with Crippen molar-refractivity contribution in [2.75, 3.05) is 12.3 Å². The van der Waals surface area contributed by atoms with Crippen molar-refractivity contribution in [2.45, 2.75) is 52.9 Å². The van der Waals surface area contributed by atoms with Gasteiger partial charge in [-0.05, 0) is 30.1 Å². The Bertz CT molecular complexity index is 418. The maximum atomic E-state index is 11.9. The van der Waals surface area contributed by atoms with Crippen LogP contribution in [0.5, 0.6) is 0 Å². The Kier molecular flexibility index (Phi) is 5.01. The van der Waals surface area contributed by atoms with E-state index < -0.39 is 16.0 Å². The van der Waals surface area contributed by atoms with Crippen molar-refractivity contribution in [3.8, 4) is 0 Å². The molecule has 0 amide bonds. The average molecular weight is 291 g/mol. The quantitative estimate of drug-likeness (QED) is 0.751. The lowest BCUT2D eigenvalue weighted by Gasteiger charge is -2.40. The minimum atomic E-state index is -3.30. The van der Waals surface area contributed by atoms with Crippen molar-refractivity contribution in [1.82, 2.24) is 4.72 Å². The smallest absolute Gasteiger partial charge is 0.303 e. The third-order valence-corrected chi connectivity index (χ3v) is 5.05. The van der Waals surface area contributed by atoms with Crippen molar-refractivity contribution in [3.63, 3.8) is 0 Å². The highest BCUT2D eigenvalue weighted by Crippen LogP contribution is 2.43. The van der Waals surface area contributed by atoms with Gasteiger partial charge < -0.3 is 5.11 Å². The number of carboxylic acid groups (broad SMARTS) is 1. The third-order valence-electron chi connectivity index (χ3n) is 3.73. The van der Waals surface area contributed by atoms with E-state index in [9.17, 15) is 13.2 Å².